The van der Waals surface area contributed by atoms with Gasteiger partial charge in [0.05, 0.1) is 21.1 Å². The fourth-order valence-corrected chi connectivity index (χ4v) is 2.95. The average Bonchev–Trinajstić information content (AvgIpc) is 3.19. The number of amides is 1. The Morgan fingerprint density at radius 2 is 1.87 bits per heavy atom. The Hall–Kier alpha value is -3.76. The minimum Gasteiger partial charge on any atom is -0.478 e. The van der Waals surface area contributed by atoms with Crippen molar-refractivity contribution in [2.24, 2.45) is 0 Å². The monoisotopic (exact) mass is 445 g/mol. The maximum atomic E-state index is 12.4. The zero-order valence-corrected chi connectivity index (χ0v) is 16.5. The van der Waals surface area contributed by atoms with Gasteiger partial charge in [-0.05, 0) is 48.6 Å². The molecule has 0 fully saturated rings. The first kappa shape index (κ1) is 21.0. The lowest BCUT2D eigenvalue weighted by Gasteiger charge is -2.10. The van der Waals surface area contributed by atoms with Crippen molar-refractivity contribution in [1.29, 1.82) is 0 Å². The Labute approximate surface area is 179 Å². The average molecular weight is 446 g/mol. The normalized spacial score (nSPS) is 10.3. The van der Waals surface area contributed by atoms with Gasteiger partial charge in [0.25, 0.3) is 11.6 Å². The van der Waals surface area contributed by atoms with Crippen molar-refractivity contribution in [3.8, 4) is 11.3 Å². The fourth-order valence-electron chi connectivity index (χ4n) is 2.54. The molecule has 11 heteroatoms. The zero-order valence-electron chi connectivity index (χ0n) is 14.9. The van der Waals surface area contributed by atoms with Gasteiger partial charge in [-0.3, -0.25) is 20.2 Å². The molecule has 0 saturated heterocycles. The van der Waals surface area contributed by atoms with Crippen LogP contribution >= 0.6 is 23.8 Å². The number of hydrogen-bond donors (Lipinski definition) is 3. The maximum Gasteiger partial charge on any atom is 0.337 e. The van der Waals surface area contributed by atoms with E-state index < -0.39 is 16.8 Å². The number of carbonyl (C=O) groups is 2. The molecule has 0 radical (unpaired) electrons. The number of nitro groups is 1. The molecule has 0 atom stereocenters. The van der Waals surface area contributed by atoms with Gasteiger partial charge in [-0.15, -0.1) is 0 Å². The highest BCUT2D eigenvalue weighted by Gasteiger charge is 2.20. The number of carbonyl (C=O) groups excluding carboxylic acids is 1. The van der Waals surface area contributed by atoms with Gasteiger partial charge in [0.2, 0.25) is 0 Å². The number of rotatable bonds is 5. The molecule has 9 nitrogen and oxygen atoms in total. The van der Waals surface area contributed by atoms with E-state index in [1.807, 2.05) is 0 Å². The molecule has 0 spiro atoms. The maximum absolute atomic E-state index is 12.4. The fraction of sp³-hybridized carbons (Fsp3) is 0. The smallest absolute Gasteiger partial charge is 0.337 e. The van der Waals surface area contributed by atoms with Crippen LogP contribution in [0.1, 0.15) is 20.9 Å². The van der Waals surface area contributed by atoms with Crippen LogP contribution in [-0.2, 0) is 0 Å². The number of benzene rings is 2. The number of thiocarbonyl (C=S) groups is 1. The molecule has 3 aromatic rings. The highest BCUT2D eigenvalue weighted by molar-refractivity contribution is 7.80. The van der Waals surface area contributed by atoms with E-state index in [0.29, 0.717) is 5.69 Å². The van der Waals surface area contributed by atoms with E-state index in [9.17, 15) is 19.7 Å². The molecule has 2 aromatic carbocycles. The third-order valence-electron chi connectivity index (χ3n) is 3.88. The van der Waals surface area contributed by atoms with Gasteiger partial charge in [-0.2, -0.15) is 0 Å². The predicted molar refractivity (Wildman–Crippen MR) is 113 cm³/mol. The molecular weight excluding hydrogens is 434 g/mol. The molecule has 1 heterocycles. The van der Waals surface area contributed by atoms with Crippen LogP contribution in [0.5, 0.6) is 0 Å². The van der Waals surface area contributed by atoms with Crippen LogP contribution in [0.2, 0.25) is 5.02 Å². The quantitative estimate of drug-likeness (QED) is 0.300. The first-order valence-electron chi connectivity index (χ1n) is 8.25. The van der Waals surface area contributed by atoms with Crippen LogP contribution in [0.25, 0.3) is 11.3 Å². The van der Waals surface area contributed by atoms with Crippen LogP contribution in [0.4, 0.5) is 11.4 Å². The molecule has 152 valence electrons. The number of furan rings is 1. The SMILES string of the molecule is O=C(NC(=S)Nc1ccc(Cl)c(C(=O)O)c1)c1ccc(-c2ccccc2[N+](=O)[O-])o1. The minimum absolute atomic E-state index is 0.0566. The second-order valence-electron chi connectivity index (χ2n) is 5.85. The summed E-state index contributed by atoms with van der Waals surface area (Å²) in [5, 5.41) is 25.3. The first-order valence-corrected chi connectivity index (χ1v) is 9.03. The molecule has 0 bridgehead atoms. The summed E-state index contributed by atoms with van der Waals surface area (Å²) in [5.74, 6) is -1.87. The molecule has 1 aromatic heterocycles. The van der Waals surface area contributed by atoms with Gasteiger partial charge in [0.15, 0.2) is 10.9 Å². The second-order valence-corrected chi connectivity index (χ2v) is 6.66. The number of carboxylic acid groups (broad SMARTS) is 1. The Morgan fingerprint density at radius 3 is 2.57 bits per heavy atom. The van der Waals surface area contributed by atoms with E-state index in [-0.39, 0.29) is 38.5 Å². The topological polar surface area (TPSA) is 135 Å². The summed E-state index contributed by atoms with van der Waals surface area (Å²) in [5.41, 5.74) is 0.246. The first-order chi connectivity index (χ1) is 14.3. The number of nitrogens with zero attached hydrogens (tertiary/aromatic N) is 1. The third kappa shape index (κ3) is 4.62. The highest BCUT2D eigenvalue weighted by atomic mass is 35.5. The molecule has 0 saturated carbocycles. The summed E-state index contributed by atoms with van der Waals surface area (Å²) in [6.45, 7) is 0. The number of hydrogen-bond acceptors (Lipinski definition) is 6. The lowest BCUT2D eigenvalue weighted by molar-refractivity contribution is -0.384. The molecule has 0 aliphatic rings. The Morgan fingerprint density at radius 1 is 1.13 bits per heavy atom. The third-order valence-corrected chi connectivity index (χ3v) is 4.41. The molecule has 0 unspecified atom stereocenters. The summed E-state index contributed by atoms with van der Waals surface area (Å²) in [7, 11) is 0. The van der Waals surface area contributed by atoms with E-state index in [2.05, 4.69) is 10.6 Å². The summed E-state index contributed by atoms with van der Waals surface area (Å²) in [6.07, 6.45) is 0. The van der Waals surface area contributed by atoms with Crippen molar-refractivity contribution in [1.82, 2.24) is 5.32 Å². The number of nitro benzene ring substituents is 1. The standard InChI is InChI=1S/C19H12ClN3O6S/c20-13-6-5-10(9-12(13)18(25)26)21-19(30)22-17(24)16-8-7-15(29-16)11-3-1-2-4-14(11)23(27)28/h1-9H,(H,25,26)(H2,21,22,24,30). The van der Waals surface area contributed by atoms with E-state index in [1.165, 1.54) is 48.5 Å². The zero-order chi connectivity index (χ0) is 21.8. The van der Waals surface area contributed by atoms with Crippen LogP contribution in [0.3, 0.4) is 0 Å². The van der Waals surface area contributed by atoms with E-state index in [1.54, 1.807) is 6.07 Å². The van der Waals surface area contributed by atoms with Crippen molar-refractivity contribution in [3.05, 3.63) is 81.1 Å². The van der Waals surface area contributed by atoms with E-state index in [4.69, 9.17) is 33.3 Å². The Bertz CT molecular complexity index is 1180. The van der Waals surface area contributed by atoms with Crippen molar-refractivity contribution in [3.63, 3.8) is 0 Å². The minimum atomic E-state index is -1.21. The number of carboxylic acids is 1. The van der Waals surface area contributed by atoms with Gasteiger partial charge in [-0.1, -0.05) is 23.7 Å². The van der Waals surface area contributed by atoms with Crippen LogP contribution < -0.4 is 10.6 Å². The lowest BCUT2D eigenvalue weighted by Crippen LogP contribution is -2.33. The Balaban J connectivity index is 1.72. The lowest BCUT2D eigenvalue weighted by atomic mass is 10.1. The number of nitrogens with one attached hydrogen (secondary N) is 2. The van der Waals surface area contributed by atoms with E-state index >= 15 is 0 Å². The van der Waals surface area contributed by atoms with Crippen molar-refractivity contribution >= 4 is 52.2 Å². The van der Waals surface area contributed by atoms with Crippen molar-refractivity contribution in [2.75, 3.05) is 5.32 Å². The van der Waals surface area contributed by atoms with Gasteiger partial charge in [0, 0.05) is 11.8 Å². The molecule has 0 aliphatic carbocycles. The molecule has 0 aliphatic heterocycles. The predicted octanol–water partition coefficient (Wildman–Crippen LogP) is 4.33. The highest BCUT2D eigenvalue weighted by Crippen LogP contribution is 2.30. The van der Waals surface area contributed by atoms with Crippen LogP contribution in [-0.4, -0.2) is 27.0 Å². The summed E-state index contributed by atoms with van der Waals surface area (Å²) in [6, 6.07) is 12.9. The summed E-state index contributed by atoms with van der Waals surface area (Å²) < 4.78 is 5.44. The van der Waals surface area contributed by atoms with Gasteiger partial charge >= 0.3 is 5.97 Å². The number of aromatic carboxylic acids is 1. The molecule has 1 amide bonds. The van der Waals surface area contributed by atoms with Crippen LogP contribution in [0.15, 0.2) is 59.0 Å². The number of anilines is 1. The van der Waals surface area contributed by atoms with Crippen LogP contribution in [0, 0.1) is 10.1 Å². The van der Waals surface area contributed by atoms with Crippen molar-refractivity contribution in [2.45, 2.75) is 0 Å². The molecule has 30 heavy (non-hydrogen) atoms. The van der Waals surface area contributed by atoms with Gasteiger partial charge in [0.1, 0.15) is 5.76 Å². The molecule has 3 rings (SSSR count). The second kappa shape index (κ2) is 8.72. The summed E-state index contributed by atoms with van der Waals surface area (Å²) in [4.78, 5) is 34.1. The van der Waals surface area contributed by atoms with Crippen molar-refractivity contribution < 1.29 is 24.0 Å². The number of para-hydroxylation sites is 1. The molecule has 3 N–H and O–H groups in total. The van der Waals surface area contributed by atoms with E-state index in [0.717, 1.165) is 0 Å². The Kier molecular flexibility index (Phi) is 6.09. The number of halogens is 1. The van der Waals surface area contributed by atoms with Gasteiger partial charge < -0.3 is 14.8 Å². The largest absolute Gasteiger partial charge is 0.478 e. The summed E-state index contributed by atoms with van der Waals surface area (Å²) >= 11 is 10.9. The molecular formula is C19H12ClN3O6S. The van der Waals surface area contributed by atoms with Gasteiger partial charge in [-0.25, -0.2) is 4.79 Å².